The maximum Gasteiger partial charge on any atom is 0.423 e. The van der Waals surface area contributed by atoms with Gasteiger partial charge < -0.3 is 9.55 Å². The van der Waals surface area contributed by atoms with Gasteiger partial charge in [0.25, 0.3) is 10.9 Å². The van der Waals surface area contributed by atoms with E-state index in [0.29, 0.717) is 56.9 Å². The van der Waals surface area contributed by atoms with Gasteiger partial charge in [0.1, 0.15) is 39.4 Å². The van der Waals surface area contributed by atoms with E-state index in [-0.39, 0.29) is 50.2 Å². The van der Waals surface area contributed by atoms with Crippen molar-refractivity contribution in [3.8, 4) is 0 Å². The minimum absolute atomic E-state index is 0.154. The summed E-state index contributed by atoms with van der Waals surface area (Å²) in [5.74, 6) is 1.41. The smallest absolute Gasteiger partial charge is 0.347 e. The summed E-state index contributed by atoms with van der Waals surface area (Å²) in [6, 6.07) is 69.9. The predicted molar refractivity (Wildman–Crippen MR) is 559 cm³/mol. The molecule has 1 N–H and O–H groups in total. The molecule has 0 aliphatic heterocycles. The van der Waals surface area contributed by atoms with Crippen LogP contribution >= 0.6 is 128 Å². The first-order valence-corrected chi connectivity index (χ1v) is 54.8. The van der Waals surface area contributed by atoms with Gasteiger partial charge >= 0.3 is 6.18 Å². The Labute approximate surface area is 866 Å². The van der Waals surface area contributed by atoms with Crippen molar-refractivity contribution in [3.05, 3.63) is 417 Å². The normalized spacial score (nSPS) is 17.2. The second-order valence-corrected chi connectivity index (χ2v) is 45.7. The molecule has 31 heteroatoms. The van der Waals surface area contributed by atoms with Crippen LogP contribution < -0.4 is 0 Å². The van der Waals surface area contributed by atoms with Crippen molar-refractivity contribution in [1.29, 1.82) is 0 Å². The molecule has 5 fully saturated rings. The highest BCUT2D eigenvalue weighted by Crippen LogP contribution is 2.63. The molecule has 12 nitrogen and oxygen atoms in total. The number of nitrogens with zero attached hydrogens (tertiary/aromatic N) is 9. The van der Waals surface area contributed by atoms with Gasteiger partial charge in [-0.15, -0.1) is 23.1 Å². The fourth-order valence-corrected chi connectivity index (χ4v) is 30.8. The molecule has 5 atom stereocenters. The van der Waals surface area contributed by atoms with Crippen molar-refractivity contribution in [3.63, 3.8) is 0 Å². The second kappa shape index (κ2) is 48.6. The third-order valence-electron chi connectivity index (χ3n) is 27.4. The summed E-state index contributed by atoms with van der Waals surface area (Å²) in [7, 11) is 2.01. The molecule has 8 aromatic carbocycles. The second-order valence-electron chi connectivity index (χ2n) is 35.8. The number of thioether (sulfide) groups is 5. The first kappa shape index (κ1) is 104. The quantitative estimate of drug-likeness (QED) is 0.0237. The van der Waals surface area contributed by atoms with Gasteiger partial charge in [-0.2, -0.15) is 17.6 Å². The summed E-state index contributed by atoms with van der Waals surface area (Å²) in [6.45, 7) is 0. The van der Waals surface area contributed by atoms with Crippen molar-refractivity contribution in [1.82, 2.24) is 44.4 Å². The predicted octanol–water partition coefficient (Wildman–Crippen LogP) is 34.5. The molecule has 15 aromatic rings. The number of pyridine rings is 3. The summed E-state index contributed by atoms with van der Waals surface area (Å²) in [4.78, 5) is 46.3. The lowest BCUT2D eigenvalue weighted by molar-refractivity contribution is -0.388. The summed E-state index contributed by atoms with van der Waals surface area (Å²) >= 11 is 36.0. The number of aryl methyl sites for hydroxylation is 1. The summed E-state index contributed by atoms with van der Waals surface area (Å²) < 4.78 is 112. The summed E-state index contributed by atoms with van der Waals surface area (Å²) in [6.07, 6.45) is 35.1. The van der Waals surface area contributed by atoms with Crippen LogP contribution in [0.5, 0.6) is 0 Å². The van der Waals surface area contributed by atoms with Crippen LogP contribution in [0, 0.1) is 68.2 Å². The number of thiazole rings is 2. The highest BCUT2D eigenvalue weighted by atomic mass is 35.5. The molecule has 7 heterocycles. The lowest BCUT2D eigenvalue weighted by Gasteiger charge is -2.43. The van der Waals surface area contributed by atoms with Crippen molar-refractivity contribution in [2.24, 2.45) is 36.6 Å². The lowest BCUT2D eigenvalue weighted by Crippen LogP contribution is -2.36. The molecule has 5 unspecified atom stereocenters. The lowest BCUT2D eigenvalue weighted by atomic mass is 9.72. The fraction of sp³-hybridized carbons (Fsp3) is 0.318. The number of imidazole rings is 2. The SMILES string of the molecule is Clc1ccc(C(Sc2ccccn2)(c2ncc[nH]2)C2CCCCC2)cc1Cl.Cn1ccnc1SC(c1ccc(F)cc1)(c1ccccc1Cl)C1CCCCC1.Fc1ccc(C(Sc2ccc(Cl)cc2)(c2ccccn2)C2CCCC2)cc1.Fc1ccc(C(Sc2nccs2)(c2ccccc2F)C2CCCCC2)cc1.O=[N+]([O-])c1ccc(C(Sc2ccccn2)(c2csc(F)n2)C2CCCC2)cc1C(F)(F)F. The number of aromatic amines is 1. The first-order chi connectivity index (χ1) is 68.4. The van der Waals surface area contributed by atoms with Gasteiger partial charge in [-0.25, -0.2) is 47.5 Å². The first-order valence-electron chi connectivity index (χ1n) is 47.4. The largest absolute Gasteiger partial charge is 0.423 e. The number of halogens is 12. The number of nitro groups is 1. The zero-order valence-corrected chi connectivity index (χ0v) is 85.9. The molecular weight excluding hydrogens is 2010 g/mol. The van der Waals surface area contributed by atoms with Gasteiger partial charge in [-0.3, -0.25) is 15.1 Å². The maximum absolute atomic E-state index is 15.1. The maximum atomic E-state index is 15.1. The fourth-order valence-electron chi connectivity index (χ4n) is 20.9. The molecule has 0 saturated heterocycles. The highest BCUT2D eigenvalue weighted by molar-refractivity contribution is 8.02. The van der Waals surface area contributed by atoms with Gasteiger partial charge in [0.15, 0.2) is 9.50 Å². The average molecular weight is 2120 g/mol. The Bertz CT molecular complexity index is 6510. The van der Waals surface area contributed by atoms with E-state index in [1.54, 1.807) is 108 Å². The van der Waals surface area contributed by atoms with Crippen molar-refractivity contribution < 1.29 is 40.0 Å². The molecule has 0 spiro atoms. The van der Waals surface area contributed by atoms with Gasteiger partial charge in [-0.05, 0) is 255 Å². The third kappa shape index (κ3) is 24.2. The number of hydrogen-bond acceptors (Lipinski definition) is 16. The van der Waals surface area contributed by atoms with E-state index in [1.807, 2.05) is 181 Å². The standard InChI is InChI=1S/C23H24ClFN2S.C23H21ClFNS.C22H21F2NS2.C21H21Cl2N3S.C21H17F4N3O2S2/c1-27-16-15-26-22(27)28-23(17-7-3-2-4-8-17,18-11-13-19(25)14-12-18)20-9-5-6-10-21(20)24;24-19-10-14-21(15-11-19)27-23(17-5-1-2-6-17,22-7-3-4-16-26-22)18-8-12-20(25)13-9-18;23-18-12-10-17(11-13-18)22(16-6-2-1-3-7-16,27-21-25-14-15-26-21)19-8-4-5-9-20(19)24;22-17-10-9-16(14-18(17)23)21(20-25-12-13-26-20,15-6-2-1-3-7-15)27-19-8-4-5-11-24-19;22-19-27-17(12-31-19)20(13-5-1-2-6-13,32-18-7-3-4-10-26-18)14-8-9-16(28(29)30)15(11-14)21(23,24)25/h5-6,9-17H,2-4,7-8H2,1H3;3-4,7-17H,1-2,5-6H2;4-5,8-16H,1-3,6-7H2;4-5,8-15H,1-3,6-7H2,(H,25,26);3-4,7-13H,1-2,5-6H2. The van der Waals surface area contributed by atoms with E-state index < -0.39 is 41.9 Å². The minimum atomic E-state index is -4.93. The molecule has 0 amide bonds. The van der Waals surface area contributed by atoms with Gasteiger partial charge in [0.2, 0.25) is 0 Å². The minimum Gasteiger partial charge on any atom is -0.347 e. The van der Waals surface area contributed by atoms with Crippen LogP contribution in [0.1, 0.15) is 209 Å². The summed E-state index contributed by atoms with van der Waals surface area (Å²) in [5, 5.41) is 19.1. The van der Waals surface area contributed by atoms with Crippen LogP contribution in [-0.2, 0) is 37.0 Å². The molecule has 20 rings (SSSR count). The zero-order valence-electron chi connectivity index (χ0n) is 77.2. The van der Waals surface area contributed by atoms with Crippen LogP contribution in [0.25, 0.3) is 0 Å². The Morgan fingerprint density at radius 1 is 0.397 bits per heavy atom. The highest BCUT2D eigenvalue weighted by Gasteiger charge is 2.53. The molecule has 732 valence electrons. The number of alkyl halides is 3. The number of nitrogens with one attached hydrogen (secondary N) is 1. The van der Waals surface area contributed by atoms with E-state index >= 15 is 4.39 Å². The molecule has 5 aliphatic rings. The zero-order chi connectivity index (χ0) is 98.6. The van der Waals surface area contributed by atoms with E-state index in [9.17, 15) is 40.8 Å². The Kier molecular flexibility index (Phi) is 36.0. The van der Waals surface area contributed by atoms with Crippen LogP contribution in [0.4, 0.5) is 40.8 Å². The van der Waals surface area contributed by atoms with E-state index in [1.165, 1.54) is 99.2 Å². The molecule has 5 aliphatic carbocycles. The van der Waals surface area contributed by atoms with Crippen LogP contribution in [0.3, 0.4) is 0 Å². The third-order valence-corrected chi connectivity index (χ3v) is 38.2. The molecule has 141 heavy (non-hydrogen) atoms. The van der Waals surface area contributed by atoms with Crippen molar-refractivity contribution in [2.75, 3.05) is 0 Å². The number of rotatable bonds is 26. The molecular formula is C110H104Cl4F8N10O2S7. The number of H-pyrrole nitrogens is 1. The number of benzene rings is 8. The van der Waals surface area contributed by atoms with Crippen molar-refractivity contribution in [2.45, 2.75) is 202 Å². The van der Waals surface area contributed by atoms with Gasteiger partial charge in [-0.1, -0.05) is 291 Å². The molecule has 0 radical (unpaired) electrons. The molecule has 5 saturated carbocycles. The average Bonchev–Trinajstić information content (AvgIpc) is 1.74. The van der Waals surface area contributed by atoms with E-state index in [2.05, 4.69) is 66.3 Å². The molecule has 7 aromatic heterocycles. The molecule has 0 bridgehead atoms. The number of nitro benzene ring substituents is 1. The topological polar surface area (TPSA) is 154 Å². The Morgan fingerprint density at radius 2 is 0.865 bits per heavy atom. The summed E-state index contributed by atoms with van der Waals surface area (Å²) in [5.41, 5.74) is 5.18. The van der Waals surface area contributed by atoms with Crippen molar-refractivity contribution >= 4 is 134 Å². The van der Waals surface area contributed by atoms with E-state index in [0.717, 1.165) is 169 Å². The van der Waals surface area contributed by atoms with Crippen LogP contribution in [0.2, 0.25) is 20.1 Å². The monoisotopic (exact) mass is 2110 g/mol. The van der Waals surface area contributed by atoms with Crippen LogP contribution in [-0.4, -0.2) is 49.4 Å². The van der Waals surface area contributed by atoms with Gasteiger partial charge in [0.05, 0.1) is 55.4 Å². The number of aromatic nitrogens is 9. The van der Waals surface area contributed by atoms with Gasteiger partial charge in [0, 0.05) is 94.0 Å². The van der Waals surface area contributed by atoms with E-state index in [4.69, 9.17) is 56.4 Å². The Balaban J connectivity index is 0.000000127. The van der Waals surface area contributed by atoms with Crippen LogP contribution in [0.15, 0.2) is 321 Å². The number of hydrogen-bond donors (Lipinski definition) is 1. The Hall–Kier alpha value is -9.36. The Morgan fingerprint density at radius 3 is 1.33 bits per heavy atom.